The van der Waals surface area contributed by atoms with E-state index in [-0.39, 0.29) is 18.1 Å². The lowest BCUT2D eigenvalue weighted by molar-refractivity contribution is -0.141. The maximum absolute atomic E-state index is 12.8. The maximum atomic E-state index is 12.8. The van der Waals surface area contributed by atoms with Gasteiger partial charge in [0.1, 0.15) is 0 Å². The first-order valence-corrected chi connectivity index (χ1v) is 12.2. The number of hydrogen-bond donors (Lipinski definition) is 2. The van der Waals surface area contributed by atoms with Gasteiger partial charge < -0.3 is 10.4 Å². The van der Waals surface area contributed by atoms with Crippen LogP contribution in [0.4, 0.5) is 0 Å². The van der Waals surface area contributed by atoms with E-state index < -0.39 is 11.9 Å². The van der Waals surface area contributed by atoms with E-state index in [0.717, 1.165) is 29.5 Å². The lowest BCUT2D eigenvalue weighted by Gasteiger charge is -2.13. The van der Waals surface area contributed by atoms with Gasteiger partial charge in [-0.1, -0.05) is 73.5 Å². The van der Waals surface area contributed by atoms with Crippen molar-refractivity contribution in [2.24, 2.45) is 5.92 Å². The minimum Gasteiger partial charge on any atom is -0.481 e. The van der Waals surface area contributed by atoms with E-state index in [2.05, 4.69) is 12.2 Å². The molecule has 1 atom stereocenters. The minimum absolute atomic E-state index is 0.0766. The molecule has 0 aliphatic rings. The van der Waals surface area contributed by atoms with E-state index in [0.29, 0.717) is 35.5 Å². The van der Waals surface area contributed by atoms with Gasteiger partial charge in [0.05, 0.1) is 5.92 Å². The Hall–Kier alpha value is -3.44. The highest BCUT2D eigenvalue weighted by Crippen LogP contribution is 2.23. The SMILES string of the molecule is CCCCNC(=O)c1cccc(CCC(CC(=O)c2ccc(-c3ccc(Cl)cc3)cc2)C(=O)O)c1. The molecule has 0 heterocycles. The molecule has 0 aliphatic heterocycles. The molecule has 0 spiro atoms. The summed E-state index contributed by atoms with van der Waals surface area (Å²) in [6.07, 6.45) is 2.62. The van der Waals surface area contributed by atoms with E-state index in [9.17, 15) is 19.5 Å². The maximum Gasteiger partial charge on any atom is 0.306 e. The van der Waals surface area contributed by atoms with Crippen LogP contribution in [-0.2, 0) is 11.2 Å². The molecule has 3 rings (SSSR count). The van der Waals surface area contributed by atoms with Gasteiger partial charge in [-0.2, -0.15) is 0 Å². The first-order chi connectivity index (χ1) is 16.9. The second-order valence-electron chi connectivity index (χ2n) is 8.60. The largest absolute Gasteiger partial charge is 0.481 e. The Labute approximate surface area is 211 Å². The summed E-state index contributed by atoms with van der Waals surface area (Å²) in [5.74, 6) is -2.14. The molecule has 1 unspecified atom stereocenters. The van der Waals surface area contributed by atoms with E-state index in [1.54, 1.807) is 30.3 Å². The van der Waals surface area contributed by atoms with Crippen LogP contribution in [0, 0.1) is 5.92 Å². The smallest absolute Gasteiger partial charge is 0.306 e. The zero-order valence-corrected chi connectivity index (χ0v) is 20.6. The molecule has 0 bridgehead atoms. The van der Waals surface area contributed by atoms with Gasteiger partial charge in [0, 0.05) is 29.1 Å². The fourth-order valence-corrected chi connectivity index (χ4v) is 3.96. The van der Waals surface area contributed by atoms with Crippen molar-refractivity contribution in [2.75, 3.05) is 6.54 Å². The van der Waals surface area contributed by atoms with Crippen LogP contribution < -0.4 is 5.32 Å². The summed E-state index contributed by atoms with van der Waals surface area (Å²) in [5, 5.41) is 13.2. The highest BCUT2D eigenvalue weighted by molar-refractivity contribution is 6.30. The minimum atomic E-state index is -0.996. The summed E-state index contributed by atoms with van der Waals surface area (Å²) in [4.78, 5) is 36.9. The van der Waals surface area contributed by atoms with Crippen LogP contribution in [0.2, 0.25) is 5.02 Å². The van der Waals surface area contributed by atoms with Gasteiger partial charge in [-0.3, -0.25) is 14.4 Å². The Bertz CT molecular complexity index is 1160. The van der Waals surface area contributed by atoms with Crippen molar-refractivity contribution >= 4 is 29.3 Å². The number of carbonyl (C=O) groups is 3. The fourth-order valence-electron chi connectivity index (χ4n) is 3.84. The van der Waals surface area contributed by atoms with Crippen LogP contribution in [0.3, 0.4) is 0 Å². The summed E-state index contributed by atoms with van der Waals surface area (Å²) < 4.78 is 0. The van der Waals surface area contributed by atoms with Crippen LogP contribution in [-0.4, -0.2) is 29.3 Å². The van der Waals surface area contributed by atoms with Crippen LogP contribution in [0.5, 0.6) is 0 Å². The van der Waals surface area contributed by atoms with E-state index in [1.807, 2.05) is 42.5 Å². The number of hydrogen-bond acceptors (Lipinski definition) is 3. The summed E-state index contributed by atoms with van der Waals surface area (Å²) in [6.45, 7) is 2.69. The Kier molecular flexibility index (Phi) is 9.62. The molecule has 3 aromatic carbocycles. The fraction of sp³-hybridized carbons (Fsp3) is 0.276. The highest BCUT2D eigenvalue weighted by atomic mass is 35.5. The molecule has 1 amide bonds. The summed E-state index contributed by atoms with van der Waals surface area (Å²) in [5.41, 5.74) is 3.85. The molecule has 2 N–H and O–H groups in total. The van der Waals surface area contributed by atoms with Crippen LogP contribution in [0.15, 0.2) is 72.8 Å². The lowest BCUT2D eigenvalue weighted by atomic mass is 9.91. The number of Topliss-reactive ketones (excluding diaryl/α,β-unsaturated/α-hetero) is 1. The van der Waals surface area contributed by atoms with Gasteiger partial charge in [0.25, 0.3) is 5.91 Å². The Morgan fingerprint density at radius 2 is 1.57 bits per heavy atom. The van der Waals surface area contributed by atoms with Gasteiger partial charge in [0.2, 0.25) is 0 Å². The zero-order valence-electron chi connectivity index (χ0n) is 19.8. The van der Waals surface area contributed by atoms with Gasteiger partial charge in [-0.25, -0.2) is 0 Å². The van der Waals surface area contributed by atoms with Gasteiger partial charge in [-0.05, 0) is 60.2 Å². The number of halogens is 1. The number of carboxylic acid groups (broad SMARTS) is 1. The molecule has 182 valence electrons. The molecule has 0 aliphatic carbocycles. The Balaban J connectivity index is 1.60. The number of carbonyl (C=O) groups excluding carboxylic acids is 2. The predicted molar refractivity (Wildman–Crippen MR) is 139 cm³/mol. The van der Waals surface area contributed by atoms with Crippen LogP contribution in [0.25, 0.3) is 11.1 Å². The monoisotopic (exact) mass is 491 g/mol. The van der Waals surface area contributed by atoms with E-state index in [4.69, 9.17) is 11.6 Å². The molecule has 0 aromatic heterocycles. The standard InChI is InChI=1S/C29H30ClNO4/c1-2-3-17-31-28(33)24-6-4-5-20(18-24)7-8-25(29(34)35)19-27(32)23-11-9-21(10-12-23)22-13-15-26(30)16-14-22/h4-6,9-16,18,25H,2-3,7-8,17,19H2,1H3,(H,31,33)(H,34,35). The summed E-state index contributed by atoms with van der Waals surface area (Å²) in [6, 6.07) is 21.8. The third-order valence-electron chi connectivity index (χ3n) is 5.95. The van der Waals surface area contributed by atoms with Crippen molar-refractivity contribution < 1.29 is 19.5 Å². The molecule has 0 radical (unpaired) electrons. The van der Waals surface area contributed by atoms with Crippen molar-refractivity contribution in [1.29, 1.82) is 0 Å². The number of nitrogens with one attached hydrogen (secondary N) is 1. The van der Waals surface area contributed by atoms with Crippen molar-refractivity contribution in [1.82, 2.24) is 5.32 Å². The number of benzene rings is 3. The molecule has 3 aromatic rings. The van der Waals surface area contributed by atoms with Crippen molar-refractivity contribution in [3.63, 3.8) is 0 Å². The molecular weight excluding hydrogens is 462 g/mol. The number of aryl methyl sites for hydroxylation is 1. The molecule has 0 fully saturated rings. The number of unbranched alkanes of at least 4 members (excludes halogenated alkanes) is 1. The van der Waals surface area contributed by atoms with E-state index >= 15 is 0 Å². The number of amides is 1. The van der Waals surface area contributed by atoms with Gasteiger partial charge >= 0.3 is 5.97 Å². The first-order valence-electron chi connectivity index (χ1n) is 11.9. The number of carboxylic acids is 1. The predicted octanol–water partition coefficient (Wildman–Crippen LogP) is 6.44. The average Bonchev–Trinajstić information content (AvgIpc) is 2.87. The normalized spacial score (nSPS) is 11.6. The molecule has 0 saturated heterocycles. The molecule has 35 heavy (non-hydrogen) atoms. The van der Waals surface area contributed by atoms with Gasteiger partial charge in [-0.15, -0.1) is 0 Å². The first kappa shape index (κ1) is 26.2. The lowest BCUT2D eigenvalue weighted by Crippen LogP contribution is -2.24. The number of rotatable bonds is 12. The third-order valence-corrected chi connectivity index (χ3v) is 6.20. The molecular formula is C29H30ClNO4. The summed E-state index contributed by atoms with van der Waals surface area (Å²) >= 11 is 5.94. The molecule has 5 nitrogen and oxygen atoms in total. The van der Waals surface area contributed by atoms with Gasteiger partial charge in [0.15, 0.2) is 5.78 Å². The second kappa shape index (κ2) is 12.9. The molecule has 6 heteroatoms. The topological polar surface area (TPSA) is 83.5 Å². The van der Waals surface area contributed by atoms with Crippen LogP contribution in [0.1, 0.15) is 58.9 Å². The second-order valence-corrected chi connectivity index (χ2v) is 9.03. The molecule has 0 saturated carbocycles. The van der Waals surface area contributed by atoms with Crippen molar-refractivity contribution in [3.8, 4) is 11.1 Å². The average molecular weight is 492 g/mol. The Morgan fingerprint density at radius 3 is 2.20 bits per heavy atom. The quantitative estimate of drug-likeness (QED) is 0.225. The van der Waals surface area contributed by atoms with Crippen molar-refractivity contribution in [2.45, 2.75) is 39.0 Å². The van der Waals surface area contributed by atoms with E-state index in [1.165, 1.54) is 0 Å². The van der Waals surface area contributed by atoms with Crippen molar-refractivity contribution in [3.05, 3.63) is 94.5 Å². The Morgan fingerprint density at radius 1 is 0.914 bits per heavy atom. The number of ketones is 1. The summed E-state index contributed by atoms with van der Waals surface area (Å²) in [7, 11) is 0. The van der Waals surface area contributed by atoms with Crippen LogP contribution >= 0.6 is 11.6 Å². The number of aliphatic carboxylic acids is 1. The zero-order chi connectivity index (χ0) is 25.2. The highest BCUT2D eigenvalue weighted by Gasteiger charge is 2.22. The third kappa shape index (κ3) is 7.79.